The summed E-state index contributed by atoms with van der Waals surface area (Å²) in [5.74, 6) is 0.189. The second-order valence-corrected chi connectivity index (χ2v) is 5.86. The fourth-order valence-electron chi connectivity index (χ4n) is 2.25. The lowest BCUT2D eigenvalue weighted by atomic mass is 9.84. The lowest BCUT2D eigenvalue weighted by Crippen LogP contribution is -2.14. The molecule has 0 saturated heterocycles. The maximum absolute atomic E-state index is 13.7. The van der Waals surface area contributed by atoms with Crippen LogP contribution in [0.15, 0.2) is 18.2 Å². The summed E-state index contributed by atoms with van der Waals surface area (Å²) in [6.07, 6.45) is 4.48. The Bertz CT molecular complexity index is 353. The van der Waals surface area contributed by atoms with Gasteiger partial charge in [-0.05, 0) is 42.9 Å². The largest absolute Gasteiger partial charge is 0.207 e. The van der Waals surface area contributed by atoms with Crippen molar-refractivity contribution in [1.29, 1.82) is 0 Å². The van der Waals surface area contributed by atoms with Gasteiger partial charge < -0.3 is 0 Å². The van der Waals surface area contributed by atoms with Gasteiger partial charge in [-0.2, -0.15) is 0 Å². The van der Waals surface area contributed by atoms with Crippen molar-refractivity contribution >= 4 is 27.5 Å². The van der Waals surface area contributed by atoms with E-state index in [1.54, 1.807) is 6.07 Å². The van der Waals surface area contributed by atoms with Crippen LogP contribution in [-0.2, 0) is 0 Å². The van der Waals surface area contributed by atoms with Gasteiger partial charge in [-0.3, -0.25) is 0 Å². The van der Waals surface area contributed by atoms with Crippen molar-refractivity contribution in [3.63, 3.8) is 0 Å². The van der Waals surface area contributed by atoms with E-state index in [1.165, 1.54) is 18.9 Å². The van der Waals surface area contributed by atoms with Gasteiger partial charge in [0.1, 0.15) is 5.82 Å². The van der Waals surface area contributed by atoms with Crippen molar-refractivity contribution in [2.75, 3.05) is 0 Å². The number of alkyl halides is 1. The van der Waals surface area contributed by atoms with Crippen LogP contribution in [0.1, 0.15) is 37.2 Å². The predicted molar refractivity (Wildman–Crippen MR) is 65.3 cm³/mol. The van der Waals surface area contributed by atoms with Gasteiger partial charge in [-0.1, -0.05) is 40.0 Å². The average molecular weight is 292 g/mol. The van der Waals surface area contributed by atoms with E-state index in [9.17, 15) is 4.39 Å². The van der Waals surface area contributed by atoms with Gasteiger partial charge in [-0.15, -0.1) is 0 Å². The van der Waals surface area contributed by atoms with Crippen LogP contribution >= 0.6 is 27.5 Å². The van der Waals surface area contributed by atoms with Crippen molar-refractivity contribution in [3.8, 4) is 0 Å². The molecule has 2 atom stereocenters. The maximum atomic E-state index is 13.7. The van der Waals surface area contributed by atoms with Crippen molar-refractivity contribution < 1.29 is 4.39 Å². The molecule has 1 aliphatic carbocycles. The molecule has 0 spiro atoms. The number of halogens is 3. The third-order valence-electron chi connectivity index (χ3n) is 3.01. The summed E-state index contributed by atoms with van der Waals surface area (Å²) in [6, 6.07) is 5.01. The number of benzene rings is 1. The fraction of sp³-hybridized carbons (Fsp3) is 0.500. The van der Waals surface area contributed by atoms with E-state index in [0.717, 1.165) is 18.4 Å². The average Bonchev–Trinajstić information content (AvgIpc) is 2.17. The smallest absolute Gasteiger partial charge is 0.128 e. The van der Waals surface area contributed by atoms with Crippen LogP contribution in [0.25, 0.3) is 0 Å². The highest BCUT2D eigenvalue weighted by Gasteiger charge is 2.23. The Balaban J connectivity index is 2.21. The zero-order valence-corrected chi connectivity index (χ0v) is 10.7. The normalized spacial score (nSPS) is 26.6. The number of rotatable bonds is 1. The van der Waals surface area contributed by atoms with Gasteiger partial charge in [0.15, 0.2) is 0 Å². The summed E-state index contributed by atoms with van der Waals surface area (Å²) < 4.78 is 13.7. The van der Waals surface area contributed by atoms with E-state index in [2.05, 4.69) is 15.9 Å². The summed E-state index contributed by atoms with van der Waals surface area (Å²) in [7, 11) is 0. The van der Waals surface area contributed by atoms with Crippen LogP contribution in [0, 0.1) is 5.82 Å². The highest BCUT2D eigenvalue weighted by molar-refractivity contribution is 9.09. The van der Waals surface area contributed by atoms with E-state index in [-0.39, 0.29) is 5.82 Å². The molecular formula is C12H13BrClF. The molecule has 0 radical (unpaired) electrons. The molecule has 3 heteroatoms. The molecule has 1 saturated carbocycles. The van der Waals surface area contributed by atoms with Crippen LogP contribution in [-0.4, -0.2) is 4.83 Å². The summed E-state index contributed by atoms with van der Waals surface area (Å²) in [5.41, 5.74) is 0.823. The van der Waals surface area contributed by atoms with Gasteiger partial charge in [0.2, 0.25) is 0 Å². The van der Waals surface area contributed by atoms with E-state index >= 15 is 0 Å². The second-order valence-electron chi connectivity index (χ2n) is 4.13. The Labute approximate surface area is 103 Å². The lowest BCUT2D eigenvalue weighted by molar-refractivity contribution is 0.442. The van der Waals surface area contributed by atoms with E-state index in [4.69, 9.17) is 11.6 Å². The van der Waals surface area contributed by atoms with Crippen molar-refractivity contribution in [2.45, 2.75) is 36.4 Å². The van der Waals surface area contributed by atoms with Crippen LogP contribution in [0.2, 0.25) is 5.02 Å². The molecule has 0 bridgehead atoms. The Morgan fingerprint density at radius 1 is 1.33 bits per heavy atom. The zero-order chi connectivity index (χ0) is 10.8. The molecule has 1 aromatic rings. The Morgan fingerprint density at radius 2 is 2.13 bits per heavy atom. The van der Waals surface area contributed by atoms with E-state index in [0.29, 0.717) is 15.8 Å². The van der Waals surface area contributed by atoms with Gasteiger partial charge in [0, 0.05) is 9.85 Å². The molecule has 2 rings (SSSR count). The highest BCUT2D eigenvalue weighted by Crippen LogP contribution is 2.37. The van der Waals surface area contributed by atoms with Crippen LogP contribution in [0.4, 0.5) is 4.39 Å². The third-order valence-corrected chi connectivity index (χ3v) is 4.08. The summed E-state index contributed by atoms with van der Waals surface area (Å²) in [5, 5.41) is 0.474. The van der Waals surface area contributed by atoms with Crippen molar-refractivity contribution in [3.05, 3.63) is 34.6 Å². The van der Waals surface area contributed by atoms with Crippen molar-refractivity contribution in [2.24, 2.45) is 0 Å². The minimum absolute atomic E-state index is 0.158. The molecule has 0 aliphatic heterocycles. The molecule has 0 aromatic heterocycles. The first-order chi connectivity index (χ1) is 7.16. The first-order valence-electron chi connectivity index (χ1n) is 5.26. The Morgan fingerprint density at radius 3 is 2.80 bits per heavy atom. The maximum Gasteiger partial charge on any atom is 0.128 e. The molecular weight excluding hydrogens is 278 g/mol. The zero-order valence-electron chi connectivity index (χ0n) is 8.35. The SMILES string of the molecule is Fc1cc(Cl)ccc1C1CCCC(Br)C1. The highest BCUT2D eigenvalue weighted by atomic mass is 79.9. The molecule has 1 fully saturated rings. The molecule has 82 valence electrons. The Hall–Kier alpha value is -0.0800. The van der Waals surface area contributed by atoms with Crippen LogP contribution < -0.4 is 0 Å². The first kappa shape index (κ1) is 11.4. The van der Waals surface area contributed by atoms with Crippen LogP contribution in [0.5, 0.6) is 0 Å². The van der Waals surface area contributed by atoms with E-state index < -0.39 is 0 Å². The van der Waals surface area contributed by atoms with Gasteiger partial charge in [-0.25, -0.2) is 4.39 Å². The number of hydrogen-bond acceptors (Lipinski definition) is 0. The van der Waals surface area contributed by atoms with Gasteiger partial charge in [0.05, 0.1) is 0 Å². The molecule has 15 heavy (non-hydrogen) atoms. The molecule has 1 aromatic carbocycles. The lowest BCUT2D eigenvalue weighted by Gasteiger charge is -2.26. The molecule has 0 nitrogen and oxygen atoms in total. The quantitative estimate of drug-likeness (QED) is 0.646. The summed E-state index contributed by atoms with van der Waals surface area (Å²) in [4.78, 5) is 0.534. The summed E-state index contributed by atoms with van der Waals surface area (Å²) in [6.45, 7) is 0. The van der Waals surface area contributed by atoms with Crippen molar-refractivity contribution in [1.82, 2.24) is 0 Å². The van der Waals surface area contributed by atoms with Gasteiger partial charge in [0.25, 0.3) is 0 Å². The molecule has 0 heterocycles. The van der Waals surface area contributed by atoms with E-state index in [1.807, 2.05) is 6.07 Å². The molecule has 2 unspecified atom stereocenters. The fourth-order valence-corrected chi connectivity index (χ4v) is 3.18. The molecule has 0 N–H and O–H groups in total. The van der Waals surface area contributed by atoms with Crippen LogP contribution in [0.3, 0.4) is 0 Å². The topological polar surface area (TPSA) is 0 Å². The monoisotopic (exact) mass is 290 g/mol. The minimum Gasteiger partial charge on any atom is -0.207 e. The van der Waals surface area contributed by atoms with Gasteiger partial charge >= 0.3 is 0 Å². The summed E-state index contributed by atoms with van der Waals surface area (Å²) >= 11 is 9.35. The molecule has 1 aliphatic rings. The molecule has 0 amide bonds. The predicted octanol–water partition coefficient (Wildman–Crippen LogP) is 4.90. The first-order valence-corrected chi connectivity index (χ1v) is 6.55. The third kappa shape index (κ3) is 2.73. The minimum atomic E-state index is -0.158. The standard InChI is InChI=1S/C12H13BrClF/c13-9-3-1-2-8(6-9)11-5-4-10(14)7-12(11)15/h4-5,7-9H,1-3,6H2. The second kappa shape index (κ2) is 4.84. The Kier molecular flexibility index (Phi) is 3.68. The number of hydrogen-bond donors (Lipinski definition) is 0.